The Morgan fingerprint density at radius 3 is 2.41 bits per heavy atom. The van der Waals surface area contributed by atoms with E-state index in [0.29, 0.717) is 5.56 Å². The molecule has 0 spiro atoms. The summed E-state index contributed by atoms with van der Waals surface area (Å²) in [6, 6.07) is 4.31. The number of carbonyl (C=O) groups excluding carboxylic acids is 3. The van der Waals surface area contributed by atoms with E-state index in [-0.39, 0.29) is 60.1 Å². The molecule has 2 bridgehead atoms. The minimum Gasteiger partial charge on any atom is -0.493 e. The largest absolute Gasteiger partial charge is 0.493 e. The number of halogens is 2. The molecule has 0 aromatic heterocycles. The fourth-order valence-corrected chi connectivity index (χ4v) is 4.54. The zero-order valence-electron chi connectivity index (χ0n) is 15.6. The lowest BCUT2D eigenvalue weighted by Crippen LogP contribution is -2.41. The molecule has 2 fully saturated rings. The normalized spacial score (nSPS) is 27.0. The highest BCUT2D eigenvalue weighted by Crippen LogP contribution is 2.52. The van der Waals surface area contributed by atoms with E-state index in [9.17, 15) is 23.2 Å². The molecule has 9 heteroatoms. The molecule has 3 aliphatic rings. The first-order valence-corrected chi connectivity index (χ1v) is 9.31. The van der Waals surface area contributed by atoms with E-state index in [1.165, 1.54) is 25.3 Å². The van der Waals surface area contributed by atoms with E-state index in [1.807, 2.05) is 12.2 Å². The molecule has 3 amide bonds. The average molecular weight is 406 g/mol. The first kappa shape index (κ1) is 19.4. The van der Waals surface area contributed by atoms with Crippen LogP contribution in [0.3, 0.4) is 0 Å². The van der Waals surface area contributed by atoms with Crippen LogP contribution in [0, 0.1) is 23.7 Å². The summed E-state index contributed by atoms with van der Waals surface area (Å²) in [6.07, 6.45) is 4.82. The number of amides is 3. The van der Waals surface area contributed by atoms with E-state index in [0.717, 1.165) is 11.3 Å². The number of methoxy groups -OCH3 is 1. The summed E-state index contributed by atoms with van der Waals surface area (Å²) in [6.45, 7) is -3.22. The van der Waals surface area contributed by atoms with Gasteiger partial charge in [-0.3, -0.25) is 19.3 Å². The number of benzene rings is 1. The second-order valence-electron chi connectivity index (χ2n) is 7.40. The van der Waals surface area contributed by atoms with Crippen molar-refractivity contribution in [2.24, 2.45) is 23.7 Å². The van der Waals surface area contributed by atoms with Gasteiger partial charge in [-0.25, -0.2) is 0 Å². The molecule has 1 aliphatic heterocycles. The van der Waals surface area contributed by atoms with Crippen LogP contribution in [0.2, 0.25) is 0 Å². The molecule has 4 rings (SSSR count). The van der Waals surface area contributed by atoms with Crippen molar-refractivity contribution in [1.29, 1.82) is 0 Å². The Balaban J connectivity index is 1.35. The fraction of sp³-hybridized carbons (Fsp3) is 0.450. The molecular weight excluding hydrogens is 386 g/mol. The van der Waals surface area contributed by atoms with Crippen LogP contribution in [0.4, 0.5) is 8.78 Å². The van der Waals surface area contributed by atoms with Gasteiger partial charge in [-0.2, -0.15) is 8.78 Å². The van der Waals surface area contributed by atoms with Gasteiger partial charge in [0.1, 0.15) is 6.54 Å². The van der Waals surface area contributed by atoms with Crippen molar-refractivity contribution in [3.63, 3.8) is 0 Å². The molecular formula is C20H20F2N2O5. The predicted octanol–water partition coefficient (Wildman–Crippen LogP) is 1.72. The van der Waals surface area contributed by atoms with Crippen molar-refractivity contribution >= 4 is 17.7 Å². The Kier molecular flexibility index (Phi) is 4.97. The van der Waals surface area contributed by atoms with Gasteiger partial charge in [0.15, 0.2) is 11.5 Å². The van der Waals surface area contributed by atoms with Gasteiger partial charge in [-0.15, -0.1) is 0 Å². The summed E-state index contributed by atoms with van der Waals surface area (Å²) in [5, 5.41) is 2.64. The van der Waals surface area contributed by atoms with Gasteiger partial charge in [0.05, 0.1) is 18.9 Å². The number of allylic oxidation sites excluding steroid dienone is 2. The van der Waals surface area contributed by atoms with Crippen LogP contribution in [-0.4, -0.2) is 42.9 Å². The number of likely N-dealkylation sites (tertiary alicyclic amines) is 1. The smallest absolute Gasteiger partial charge is 0.387 e. The molecule has 4 unspecified atom stereocenters. The van der Waals surface area contributed by atoms with Gasteiger partial charge in [-0.1, -0.05) is 18.2 Å². The first-order valence-electron chi connectivity index (χ1n) is 9.31. The number of alkyl halides is 2. The van der Waals surface area contributed by atoms with Crippen molar-refractivity contribution in [2.75, 3.05) is 13.7 Å². The van der Waals surface area contributed by atoms with Crippen molar-refractivity contribution in [3.8, 4) is 11.5 Å². The molecule has 4 atom stereocenters. The van der Waals surface area contributed by atoms with Gasteiger partial charge >= 0.3 is 6.61 Å². The third-order valence-electron chi connectivity index (χ3n) is 5.80. The maximum Gasteiger partial charge on any atom is 0.387 e. The highest BCUT2D eigenvalue weighted by molar-refractivity contribution is 6.08. The Labute approximate surface area is 165 Å². The number of ether oxygens (including phenoxy) is 2. The van der Waals surface area contributed by atoms with Gasteiger partial charge in [-0.05, 0) is 36.0 Å². The Morgan fingerprint density at radius 1 is 1.17 bits per heavy atom. The van der Waals surface area contributed by atoms with Crippen LogP contribution in [0.25, 0.3) is 0 Å². The van der Waals surface area contributed by atoms with Gasteiger partial charge in [0.25, 0.3) is 0 Å². The Morgan fingerprint density at radius 2 is 1.83 bits per heavy atom. The molecule has 7 nitrogen and oxygen atoms in total. The zero-order valence-corrected chi connectivity index (χ0v) is 15.6. The molecule has 154 valence electrons. The fourth-order valence-electron chi connectivity index (χ4n) is 4.54. The van der Waals surface area contributed by atoms with Crippen LogP contribution in [0.15, 0.2) is 30.4 Å². The number of fused-ring (bicyclic) bond motifs is 5. The molecule has 1 saturated heterocycles. The summed E-state index contributed by atoms with van der Waals surface area (Å²) in [5.74, 6) is -1.51. The number of rotatable bonds is 7. The summed E-state index contributed by atoms with van der Waals surface area (Å²) in [7, 11) is 1.32. The molecule has 1 aromatic rings. The number of imide groups is 1. The molecule has 0 radical (unpaired) electrons. The van der Waals surface area contributed by atoms with Gasteiger partial charge in [0, 0.05) is 6.54 Å². The lowest BCUT2D eigenvalue weighted by Gasteiger charge is -2.17. The molecule has 2 aliphatic carbocycles. The number of hydrogen-bond donors (Lipinski definition) is 1. The maximum absolute atomic E-state index is 12.6. The van der Waals surface area contributed by atoms with Crippen molar-refractivity contribution in [3.05, 3.63) is 35.9 Å². The monoisotopic (exact) mass is 406 g/mol. The number of carbonyl (C=O) groups is 3. The highest BCUT2D eigenvalue weighted by Gasteiger charge is 2.59. The second-order valence-corrected chi connectivity index (χ2v) is 7.40. The minimum atomic E-state index is -2.98. The van der Waals surface area contributed by atoms with Crippen molar-refractivity contribution in [1.82, 2.24) is 10.2 Å². The van der Waals surface area contributed by atoms with Crippen molar-refractivity contribution in [2.45, 2.75) is 19.6 Å². The molecule has 1 aromatic carbocycles. The van der Waals surface area contributed by atoms with Crippen molar-refractivity contribution < 1.29 is 32.6 Å². The van der Waals surface area contributed by atoms with Crippen LogP contribution in [-0.2, 0) is 20.9 Å². The summed E-state index contributed by atoms with van der Waals surface area (Å²) < 4.78 is 34.2. The molecule has 29 heavy (non-hydrogen) atoms. The van der Waals surface area contributed by atoms with E-state index in [4.69, 9.17) is 4.74 Å². The van der Waals surface area contributed by atoms with E-state index < -0.39 is 12.5 Å². The number of nitrogens with zero attached hydrogens (tertiary/aromatic N) is 1. The zero-order chi connectivity index (χ0) is 20.7. The second kappa shape index (κ2) is 7.46. The number of nitrogens with one attached hydrogen (secondary N) is 1. The topological polar surface area (TPSA) is 84.9 Å². The maximum atomic E-state index is 12.6. The molecule has 1 N–H and O–H groups in total. The van der Waals surface area contributed by atoms with E-state index in [2.05, 4.69) is 10.1 Å². The summed E-state index contributed by atoms with van der Waals surface area (Å²) in [5.41, 5.74) is 0.593. The third kappa shape index (κ3) is 3.45. The highest BCUT2D eigenvalue weighted by atomic mass is 19.3. The van der Waals surface area contributed by atoms with Crippen LogP contribution >= 0.6 is 0 Å². The first-order chi connectivity index (χ1) is 13.9. The van der Waals surface area contributed by atoms with Crippen LogP contribution < -0.4 is 14.8 Å². The summed E-state index contributed by atoms with van der Waals surface area (Å²) in [4.78, 5) is 38.6. The minimum absolute atomic E-state index is 0.0834. The van der Waals surface area contributed by atoms with Gasteiger partial charge in [0.2, 0.25) is 17.7 Å². The van der Waals surface area contributed by atoms with Crippen LogP contribution in [0.1, 0.15) is 12.0 Å². The summed E-state index contributed by atoms with van der Waals surface area (Å²) >= 11 is 0. The lowest BCUT2D eigenvalue weighted by atomic mass is 9.85. The Hall–Kier alpha value is -2.97. The SMILES string of the molecule is COc1cc(CNC(=O)CN2C(=O)C3C4C=CC(C4)C3C2=O)ccc1OC(F)F. The molecule has 1 heterocycles. The van der Waals surface area contributed by atoms with E-state index >= 15 is 0 Å². The quantitative estimate of drug-likeness (QED) is 0.551. The standard InChI is InChI=1S/C20H20F2N2O5/c1-28-14-6-10(2-5-13(14)29-20(21)22)8-23-15(25)9-24-18(26)16-11-3-4-12(7-11)17(16)19(24)27/h2-6,11-12,16-17,20H,7-9H2,1H3,(H,23,25). The van der Waals surface area contributed by atoms with Crippen LogP contribution in [0.5, 0.6) is 11.5 Å². The third-order valence-corrected chi connectivity index (χ3v) is 5.80. The number of hydrogen-bond acceptors (Lipinski definition) is 5. The van der Waals surface area contributed by atoms with E-state index in [1.54, 1.807) is 0 Å². The van der Waals surface area contributed by atoms with Gasteiger partial charge < -0.3 is 14.8 Å². The molecule has 1 saturated carbocycles. The average Bonchev–Trinajstić information content (AvgIpc) is 3.37. The Bertz CT molecular complexity index is 858. The lowest BCUT2D eigenvalue weighted by molar-refractivity contribution is -0.144. The predicted molar refractivity (Wildman–Crippen MR) is 95.9 cm³/mol.